The second-order valence-electron chi connectivity index (χ2n) is 2.28. The zero-order chi connectivity index (χ0) is 7.28. The van der Waals surface area contributed by atoms with Crippen LogP contribution in [0.5, 0.6) is 0 Å². The Hall–Kier alpha value is -0.300. The molecule has 0 rings (SSSR count). The molecule has 1 atom stereocenters. The second-order valence-corrected chi connectivity index (χ2v) is 2.28. The van der Waals surface area contributed by atoms with Crippen molar-refractivity contribution in [3.8, 4) is 0 Å². The van der Waals surface area contributed by atoms with Crippen LogP contribution in [0.25, 0.3) is 0 Å². The molecule has 1 heteroatoms. The molecule has 0 aromatic heterocycles. The van der Waals surface area contributed by atoms with Gasteiger partial charge in [0.15, 0.2) is 0 Å². The predicted octanol–water partition coefficient (Wildman–Crippen LogP) is 1.93. The van der Waals surface area contributed by atoms with Gasteiger partial charge >= 0.3 is 0 Å². The average molecular weight is 127 g/mol. The smallest absolute Gasteiger partial charge is 0.0778 e. The van der Waals surface area contributed by atoms with Gasteiger partial charge in [0.1, 0.15) is 0 Å². The highest BCUT2D eigenvalue weighted by molar-refractivity contribution is 5.00. The Bertz CT molecular complexity index is 78.6. The highest BCUT2D eigenvalue weighted by Gasteiger charge is 2.08. The molecule has 0 aromatic rings. The maximum Gasteiger partial charge on any atom is 0.0778 e. The van der Waals surface area contributed by atoms with Crippen molar-refractivity contribution in [2.75, 3.05) is 0 Å². The summed E-state index contributed by atoms with van der Waals surface area (Å²) in [7, 11) is 0. The molecule has 0 fully saturated rings. The highest BCUT2D eigenvalue weighted by Crippen LogP contribution is 2.12. The van der Waals surface area contributed by atoms with Crippen LogP contribution in [0.15, 0.2) is 12.7 Å². The Balaban J connectivity index is 3.44. The van der Waals surface area contributed by atoms with Crippen molar-refractivity contribution in [2.24, 2.45) is 0 Å². The molecule has 0 heterocycles. The lowest BCUT2D eigenvalue weighted by molar-refractivity contribution is 0.230. The largest absolute Gasteiger partial charge is 0.388 e. The van der Waals surface area contributed by atoms with E-state index in [1.165, 1.54) is 0 Å². The molecule has 0 aromatic carbocycles. The van der Waals surface area contributed by atoms with Gasteiger partial charge in [0.25, 0.3) is 0 Å². The minimum Gasteiger partial charge on any atom is -0.388 e. The van der Waals surface area contributed by atoms with Crippen molar-refractivity contribution < 1.29 is 5.11 Å². The van der Waals surface area contributed by atoms with Crippen molar-refractivity contribution in [2.45, 2.75) is 32.8 Å². The van der Waals surface area contributed by atoms with Crippen molar-refractivity contribution in [3.05, 3.63) is 18.6 Å². The normalized spacial score (nSPS) is 13.8. The molecular weight excluding hydrogens is 112 g/mol. The summed E-state index contributed by atoms with van der Waals surface area (Å²) in [5.41, 5.74) is 0. The van der Waals surface area contributed by atoms with Gasteiger partial charge in [0.05, 0.1) is 6.10 Å². The first kappa shape index (κ1) is 8.70. The average Bonchev–Trinajstić information content (AvgIpc) is 1.87. The minimum atomic E-state index is -0.398. The van der Waals surface area contributed by atoms with E-state index in [1.807, 2.05) is 6.92 Å². The third-order valence-corrected chi connectivity index (χ3v) is 1.37. The number of rotatable bonds is 4. The maximum atomic E-state index is 9.10. The molecule has 0 amide bonds. The van der Waals surface area contributed by atoms with Gasteiger partial charge in [-0.25, -0.2) is 0 Å². The van der Waals surface area contributed by atoms with E-state index in [0.717, 1.165) is 18.8 Å². The van der Waals surface area contributed by atoms with Crippen LogP contribution >= 0.6 is 0 Å². The van der Waals surface area contributed by atoms with Crippen molar-refractivity contribution in [1.29, 1.82) is 0 Å². The van der Waals surface area contributed by atoms with Crippen molar-refractivity contribution >= 4 is 0 Å². The van der Waals surface area contributed by atoms with E-state index in [2.05, 4.69) is 13.5 Å². The lowest BCUT2D eigenvalue weighted by Gasteiger charge is -2.12. The molecule has 0 aliphatic rings. The Morgan fingerprint density at radius 1 is 1.78 bits per heavy atom. The summed E-state index contributed by atoms with van der Waals surface area (Å²) in [5, 5.41) is 9.10. The van der Waals surface area contributed by atoms with Gasteiger partial charge in [0, 0.05) is 5.92 Å². The summed E-state index contributed by atoms with van der Waals surface area (Å²) in [4.78, 5) is 0. The third-order valence-electron chi connectivity index (χ3n) is 1.37. The topological polar surface area (TPSA) is 20.2 Å². The molecule has 0 saturated carbocycles. The molecule has 9 heavy (non-hydrogen) atoms. The van der Waals surface area contributed by atoms with Crippen molar-refractivity contribution in [3.63, 3.8) is 0 Å². The number of aliphatic hydroxyl groups is 1. The van der Waals surface area contributed by atoms with Gasteiger partial charge in [-0.3, -0.25) is 0 Å². The van der Waals surface area contributed by atoms with E-state index in [0.29, 0.717) is 0 Å². The first-order chi connectivity index (χ1) is 4.22. The fraction of sp³-hybridized carbons (Fsp3) is 0.625. The number of hydrogen-bond acceptors (Lipinski definition) is 1. The van der Waals surface area contributed by atoms with Crippen LogP contribution in [0.3, 0.4) is 0 Å². The molecule has 1 nitrogen and oxygen atoms in total. The van der Waals surface area contributed by atoms with Gasteiger partial charge in [-0.1, -0.05) is 26.3 Å². The summed E-state index contributed by atoms with van der Waals surface area (Å²) in [6.07, 6.45) is 3.25. The first-order valence-corrected chi connectivity index (χ1v) is 3.35. The van der Waals surface area contributed by atoms with E-state index in [-0.39, 0.29) is 0 Å². The SMILES string of the molecule is C=CC(O)[C](C)CCC. The maximum absolute atomic E-state index is 9.10. The zero-order valence-corrected chi connectivity index (χ0v) is 6.22. The number of hydrogen-bond donors (Lipinski definition) is 1. The van der Waals surface area contributed by atoms with E-state index in [9.17, 15) is 0 Å². The molecule has 53 valence electrons. The predicted molar refractivity (Wildman–Crippen MR) is 40.0 cm³/mol. The van der Waals surface area contributed by atoms with E-state index < -0.39 is 6.10 Å². The molecule has 1 N–H and O–H groups in total. The summed E-state index contributed by atoms with van der Waals surface area (Å²) in [6.45, 7) is 7.54. The second kappa shape index (κ2) is 4.57. The molecule has 0 bridgehead atoms. The highest BCUT2D eigenvalue weighted by atomic mass is 16.3. The molecule has 0 spiro atoms. The Kier molecular flexibility index (Phi) is 4.41. The van der Waals surface area contributed by atoms with Crippen LogP contribution in [0.2, 0.25) is 0 Å². The molecule has 1 unspecified atom stereocenters. The van der Waals surface area contributed by atoms with E-state index >= 15 is 0 Å². The van der Waals surface area contributed by atoms with Crippen LogP contribution in [-0.4, -0.2) is 11.2 Å². The van der Waals surface area contributed by atoms with E-state index in [4.69, 9.17) is 5.11 Å². The van der Waals surface area contributed by atoms with Gasteiger partial charge < -0.3 is 5.11 Å². The summed E-state index contributed by atoms with van der Waals surface area (Å²) in [5.74, 6) is 1.10. The zero-order valence-electron chi connectivity index (χ0n) is 6.22. The van der Waals surface area contributed by atoms with Gasteiger partial charge in [0.2, 0.25) is 0 Å². The van der Waals surface area contributed by atoms with Crippen molar-refractivity contribution in [1.82, 2.24) is 0 Å². The molecular formula is C8H15O. The third kappa shape index (κ3) is 3.31. The molecule has 0 aliphatic carbocycles. The Labute approximate surface area is 57.4 Å². The first-order valence-electron chi connectivity index (χ1n) is 3.35. The number of aliphatic hydroxyl groups excluding tert-OH is 1. The quantitative estimate of drug-likeness (QED) is 0.572. The molecule has 0 aliphatic heterocycles. The monoisotopic (exact) mass is 127 g/mol. The lowest BCUT2D eigenvalue weighted by atomic mass is 10.00. The van der Waals surface area contributed by atoms with E-state index in [1.54, 1.807) is 6.08 Å². The van der Waals surface area contributed by atoms with Crippen LogP contribution in [0.4, 0.5) is 0 Å². The van der Waals surface area contributed by atoms with Crippen LogP contribution in [-0.2, 0) is 0 Å². The minimum absolute atomic E-state index is 0.398. The fourth-order valence-corrected chi connectivity index (χ4v) is 0.743. The molecule has 0 saturated heterocycles. The van der Waals surface area contributed by atoms with Crippen LogP contribution < -0.4 is 0 Å². The van der Waals surface area contributed by atoms with Gasteiger partial charge in [-0.15, -0.1) is 6.58 Å². The Morgan fingerprint density at radius 3 is 2.67 bits per heavy atom. The molecule has 1 radical (unpaired) electrons. The van der Waals surface area contributed by atoms with Gasteiger partial charge in [-0.05, 0) is 6.42 Å². The summed E-state index contributed by atoms with van der Waals surface area (Å²) >= 11 is 0. The van der Waals surface area contributed by atoms with Crippen LogP contribution in [0, 0.1) is 5.92 Å². The fourth-order valence-electron chi connectivity index (χ4n) is 0.743. The van der Waals surface area contributed by atoms with Gasteiger partial charge in [-0.2, -0.15) is 0 Å². The standard InChI is InChI=1S/C8H15O/c1-4-6-7(3)8(9)5-2/h5,8-9H,2,4,6H2,1,3H3. The lowest BCUT2D eigenvalue weighted by Crippen LogP contribution is -2.11. The summed E-state index contributed by atoms with van der Waals surface area (Å²) in [6, 6.07) is 0. The van der Waals surface area contributed by atoms with Crippen LogP contribution in [0.1, 0.15) is 26.7 Å². The summed E-state index contributed by atoms with van der Waals surface area (Å²) < 4.78 is 0. The Morgan fingerprint density at radius 2 is 2.33 bits per heavy atom.